The van der Waals surface area contributed by atoms with E-state index in [4.69, 9.17) is 11.6 Å². The molecule has 0 unspecified atom stereocenters. The Morgan fingerprint density at radius 2 is 1.90 bits per heavy atom. The summed E-state index contributed by atoms with van der Waals surface area (Å²) < 4.78 is 43.4. The minimum absolute atomic E-state index is 0.0663. The molecule has 4 aromatic heterocycles. The van der Waals surface area contributed by atoms with E-state index in [-0.39, 0.29) is 31.2 Å². The van der Waals surface area contributed by atoms with Crippen LogP contribution in [0.25, 0.3) is 21.9 Å². The van der Waals surface area contributed by atoms with Gasteiger partial charge < -0.3 is 4.57 Å². The average molecular weight is 450 g/mol. The maximum absolute atomic E-state index is 13.2. The van der Waals surface area contributed by atoms with E-state index < -0.39 is 12.6 Å². The van der Waals surface area contributed by atoms with Gasteiger partial charge in [0.25, 0.3) is 0 Å². The zero-order chi connectivity index (χ0) is 21.8. The molecule has 1 saturated carbocycles. The molecule has 0 radical (unpaired) electrons. The SMILES string of the molecule is O=c1n(Cc2cc3cc(Cl)ncc3n2CCCC(F)(F)F)c2cnccc2n1C1CC1. The van der Waals surface area contributed by atoms with Crippen molar-refractivity contribution in [1.82, 2.24) is 23.7 Å². The summed E-state index contributed by atoms with van der Waals surface area (Å²) in [5.41, 5.74) is 2.82. The number of halogens is 4. The molecule has 162 valence electrons. The second-order valence-corrected chi connectivity index (χ2v) is 8.29. The number of alkyl halides is 3. The Bertz CT molecular complexity index is 1330. The van der Waals surface area contributed by atoms with Crippen LogP contribution < -0.4 is 5.69 Å². The maximum Gasteiger partial charge on any atom is 0.389 e. The van der Waals surface area contributed by atoms with Gasteiger partial charge in [0.2, 0.25) is 0 Å². The molecular weight excluding hydrogens is 431 g/mol. The van der Waals surface area contributed by atoms with Crippen molar-refractivity contribution in [3.8, 4) is 0 Å². The van der Waals surface area contributed by atoms with Crippen LogP contribution in [0.5, 0.6) is 0 Å². The van der Waals surface area contributed by atoms with Gasteiger partial charge in [0, 0.05) is 36.3 Å². The van der Waals surface area contributed by atoms with Crippen LogP contribution in [0.15, 0.2) is 41.6 Å². The number of hydrogen-bond donors (Lipinski definition) is 0. The van der Waals surface area contributed by atoms with Crippen LogP contribution in [0, 0.1) is 0 Å². The number of fused-ring (bicyclic) bond motifs is 2. The van der Waals surface area contributed by atoms with E-state index in [0.29, 0.717) is 16.2 Å². The van der Waals surface area contributed by atoms with E-state index in [1.807, 2.05) is 12.1 Å². The highest BCUT2D eigenvalue weighted by Crippen LogP contribution is 2.36. The van der Waals surface area contributed by atoms with Crippen molar-refractivity contribution in [2.75, 3.05) is 0 Å². The van der Waals surface area contributed by atoms with Crippen molar-refractivity contribution < 1.29 is 13.2 Å². The summed E-state index contributed by atoms with van der Waals surface area (Å²) >= 11 is 6.02. The average Bonchev–Trinajstić information content (AvgIpc) is 3.43. The van der Waals surface area contributed by atoms with E-state index in [1.165, 1.54) is 0 Å². The van der Waals surface area contributed by atoms with Crippen LogP contribution in [0.1, 0.15) is 37.4 Å². The molecule has 4 heterocycles. The summed E-state index contributed by atoms with van der Waals surface area (Å²) in [4.78, 5) is 21.5. The Morgan fingerprint density at radius 3 is 2.65 bits per heavy atom. The number of imidazole rings is 1. The van der Waals surface area contributed by atoms with Crippen molar-refractivity contribution >= 4 is 33.5 Å². The number of pyridine rings is 2. The normalized spacial score (nSPS) is 14.7. The second kappa shape index (κ2) is 7.40. The zero-order valence-corrected chi connectivity index (χ0v) is 17.2. The van der Waals surface area contributed by atoms with Gasteiger partial charge >= 0.3 is 11.9 Å². The number of aryl methyl sites for hydroxylation is 1. The third-order valence-electron chi connectivity index (χ3n) is 5.68. The molecule has 0 bridgehead atoms. The van der Waals surface area contributed by atoms with Crippen LogP contribution >= 0.6 is 11.6 Å². The van der Waals surface area contributed by atoms with Gasteiger partial charge in [-0.25, -0.2) is 9.78 Å². The molecule has 1 aliphatic carbocycles. The van der Waals surface area contributed by atoms with Crippen LogP contribution in [0.4, 0.5) is 13.2 Å². The van der Waals surface area contributed by atoms with E-state index in [0.717, 1.165) is 29.4 Å². The molecule has 0 aliphatic heterocycles. The van der Waals surface area contributed by atoms with Gasteiger partial charge in [-0.05, 0) is 37.5 Å². The fraction of sp³-hybridized carbons (Fsp3) is 0.381. The smallest absolute Gasteiger partial charge is 0.342 e. The first-order valence-electron chi connectivity index (χ1n) is 10.1. The Kier molecular flexibility index (Phi) is 4.80. The molecule has 6 nitrogen and oxygen atoms in total. The minimum atomic E-state index is -4.22. The Balaban J connectivity index is 1.58. The Morgan fingerprint density at radius 1 is 1.10 bits per heavy atom. The highest BCUT2D eigenvalue weighted by Gasteiger charge is 2.29. The molecule has 0 aromatic carbocycles. The van der Waals surface area contributed by atoms with E-state index in [2.05, 4.69) is 9.97 Å². The van der Waals surface area contributed by atoms with E-state index in [9.17, 15) is 18.0 Å². The van der Waals surface area contributed by atoms with Gasteiger partial charge in [-0.15, -0.1) is 0 Å². The minimum Gasteiger partial charge on any atom is -0.342 e. The third-order valence-corrected chi connectivity index (χ3v) is 5.89. The van der Waals surface area contributed by atoms with Gasteiger partial charge in [0.15, 0.2) is 0 Å². The van der Waals surface area contributed by atoms with Crippen LogP contribution in [-0.4, -0.2) is 29.8 Å². The number of rotatable bonds is 6. The lowest BCUT2D eigenvalue weighted by Crippen LogP contribution is -2.25. The summed E-state index contributed by atoms with van der Waals surface area (Å²) in [6.07, 6.45) is 1.64. The Labute approximate surface area is 179 Å². The molecule has 10 heteroatoms. The lowest BCUT2D eigenvalue weighted by molar-refractivity contribution is -0.135. The van der Waals surface area contributed by atoms with Crippen LogP contribution in [0.2, 0.25) is 5.15 Å². The molecule has 0 spiro atoms. The molecule has 0 N–H and O–H groups in total. The highest BCUT2D eigenvalue weighted by atomic mass is 35.5. The van der Waals surface area contributed by atoms with Crippen molar-refractivity contribution in [3.63, 3.8) is 0 Å². The second-order valence-electron chi connectivity index (χ2n) is 7.91. The topological polar surface area (TPSA) is 57.6 Å². The first kappa shape index (κ1) is 20.1. The van der Waals surface area contributed by atoms with Gasteiger partial charge in [0.1, 0.15) is 5.15 Å². The first-order chi connectivity index (χ1) is 14.8. The summed E-state index contributed by atoms with van der Waals surface area (Å²) in [6.45, 7) is 0.384. The van der Waals surface area contributed by atoms with Crippen molar-refractivity contribution in [3.05, 3.63) is 58.1 Å². The van der Waals surface area contributed by atoms with Gasteiger partial charge in [0.05, 0.1) is 35.5 Å². The number of hydrogen-bond acceptors (Lipinski definition) is 3. The van der Waals surface area contributed by atoms with E-state index in [1.54, 1.807) is 38.4 Å². The molecule has 0 atom stereocenters. The quantitative estimate of drug-likeness (QED) is 0.392. The highest BCUT2D eigenvalue weighted by molar-refractivity contribution is 6.30. The molecule has 1 fully saturated rings. The third kappa shape index (κ3) is 3.82. The fourth-order valence-electron chi connectivity index (χ4n) is 4.15. The molecule has 5 rings (SSSR count). The molecule has 1 aliphatic rings. The largest absolute Gasteiger partial charge is 0.389 e. The fourth-order valence-corrected chi connectivity index (χ4v) is 4.32. The lowest BCUT2D eigenvalue weighted by atomic mass is 10.3. The summed E-state index contributed by atoms with van der Waals surface area (Å²) in [5.74, 6) is 0. The molecule has 31 heavy (non-hydrogen) atoms. The van der Waals surface area contributed by atoms with Crippen molar-refractivity contribution in [2.24, 2.45) is 0 Å². The van der Waals surface area contributed by atoms with Gasteiger partial charge in [-0.1, -0.05) is 11.6 Å². The van der Waals surface area contributed by atoms with E-state index >= 15 is 0 Å². The first-order valence-corrected chi connectivity index (χ1v) is 10.4. The lowest BCUT2D eigenvalue weighted by Gasteiger charge is -2.12. The summed E-state index contributed by atoms with van der Waals surface area (Å²) in [7, 11) is 0. The standard InChI is InChI=1S/C21H19ClF3N5O/c22-19-9-13-8-15(28(17(13)11-27-19)7-1-5-21(23,24)25)12-29-18-10-26-6-4-16(18)30(20(29)31)14-2-3-14/h4,6,8-11,14H,1-3,5,7,12H2. The zero-order valence-electron chi connectivity index (χ0n) is 16.4. The predicted molar refractivity (Wildman–Crippen MR) is 111 cm³/mol. The number of nitrogens with zero attached hydrogens (tertiary/aromatic N) is 5. The molecule has 0 amide bonds. The Hall–Kier alpha value is -2.81. The number of aromatic nitrogens is 5. The maximum atomic E-state index is 13.2. The van der Waals surface area contributed by atoms with Crippen molar-refractivity contribution in [1.29, 1.82) is 0 Å². The van der Waals surface area contributed by atoms with Gasteiger partial charge in [-0.3, -0.25) is 14.1 Å². The molecular formula is C21H19ClF3N5O. The van der Waals surface area contributed by atoms with Crippen LogP contribution in [-0.2, 0) is 13.1 Å². The molecule has 0 saturated heterocycles. The summed E-state index contributed by atoms with van der Waals surface area (Å²) in [5, 5.41) is 1.08. The molecule has 4 aromatic rings. The monoisotopic (exact) mass is 449 g/mol. The summed E-state index contributed by atoms with van der Waals surface area (Å²) in [6, 6.07) is 5.56. The van der Waals surface area contributed by atoms with Crippen molar-refractivity contribution in [2.45, 2.75) is 51.0 Å². The van der Waals surface area contributed by atoms with Gasteiger partial charge in [-0.2, -0.15) is 13.2 Å². The predicted octanol–water partition coefficient (Wildman–Crippen LogP) is 4.93. The van der Waals surface area contributed by atoms with Crippen LogP contribution in [0.3, 0.4) is 0 Å².